The molecule has 3 N–H and O–H groups in total. The molecular formula is C11H13F2N3. The first kappa shape index (κ1) is 12.4. The molecule has 0 aliphatic carbocycles. The molecule has 0 radical (unpaired) electrons. The lowest BCUT2D eigenvalue weighted by Crippen LogP contribution is -2.35. The minimum atomic E-state index is -2.96. The van der Waals surface area contributed by atoms with Gasteiger partial charge in [-0.3, -0.25) is 0 Å². The summed E-state index contributed by atoms with van der Waals surface area (Å²) in [7, 11) is 0. The van der Waals surface area contributed by atoms with Crippen molar-refractivity contribution in [2.24, 2.45) is 5.73 Å². The van der Waals surface area contributed by atoms with Crippen molar-refractivity contribution in [3.8, 4) is 6.07 Å². The smallest absolute Gasteiger partial charge is 0.276 e. The van der Waals surface area contributed by atoms with Crippen LogP contribution in [0.25, 0.3) is 0 Å². The summed E-state index contributed by atoms with van der Waals surface area (Å²) in [4.78, 5) is 0. The summed E-state index contributed by atoms with van der Waals surface area (Å²) in [6, 6.07) is 6.96. The van der Waals surface area contributed by atoms with Crippen molar-refractivity contribution in [1.82, 2.24) is 0 Å². The van der Waals surface area contributed by atoms with E-state index in [1.165, 1.54) is 0 Å². The zero-order chi connectivity index (χ0) is 12.2. The Balaban J connectivity index is 2.79. The molecule has 0 saturated carbocycles. The number of benzene rings is 1. The summed E-state index contributed by atoms with van der Waals surface area (Å²) in [5, 5.41) is 11.4. The van der Waals surface area contributed by atoms with E-state index in [1.807, 2.05) is 13.0 Å². The molecule has 0 saturated heterocycles. The van der Waals surface area contributed by atoms with Crippen LogP contribution in [-0.4, -0.2) is 19.0 Å². The van der Waals surface area contributed by atoms with Gasteiger partial charge in [-0.2, -0.15) is 5.26 Å². The van der Waals surface area contributed by atoms with Crippen molar-refractivity contribution < 1.29 is 8.78 Å². The Morgan fingerprint density at radius 1 is 1.50 bits per heavy atom. The number of halogens is 2. The Hall–Kier alpha value is -1.67. The van der Waals surface area contributed by atoms with Gasteiger partial charge in [-0.05, 0) is 24.6 Å². The molecule has 0 fully saturated rings. The maximum Gasteiger partial charge on any atom is 0.276 e. The van der Waals surface area contributed by atoms with Gasteiger partial charge >= 0.3 is 0 Å². The Kier molecular flexibility index (Phi) is 3.80. The number of nitrogens with zero attached hydrogens (tertiary/aromatic N) is 1. The highest BCUT2D eigenvalue weighted by Crippen LogP contribution is 2.18. The largest absolute Gasteiger partial charge is 0.378 e. The van der Waals surface area contributed by atoms with Crippen LogP contribution in [0.15, 0.2) is 18.2 Å². The minimum Gasteiger partial charge on any atom is -0.378 e. The van der Waals surface area contributed by atoms with Gasteiger partial charge in [0, 0.05) is 0 Å². The van der Waals surface area contributed by atoms with Crippen molar-refractivity contribution in [3.63, 3.8) is 0 Å². The lowest BCUT2D eigenvalue weighted by molar-refractivity contribution is 0.0254. The van der Waals surface area contributed by atoms with E-state index in [-0.39, 0.29) is 0 Å². The third-order valence-corrected chi connectivity index (χ3v) is 2.13. The van der Waals surface area contributed by atoms with Gasteiger partial charge in [0.15, 0.2) is 0 Å². The predicted octanol–water partition coefficient (Wildman–Crippen LogP) is 1.87. The molecule has 3 nitrogen and oxygen atoms in total. The Morgan fingerprint density at radius 3 is 2.75 bits per heavy atom. The molecule has 0 bridgehead atoms. The molecule has 0 atom stereocenters. The summed E-state index contributed by atoms with van der Waals surface area (Å²) >= 11 is 0. The van der Waals surface area contributed by atoms with Gasteiger partial charge in [-0.15, -0.1) is 0 Å². The Bertz CT molecular complexity index is 410. The molecule has 1 aromatic rings. The average molecular weight is 225 g/mol. The Morgan fingerprint density at radius 2 is 2.19 bits per heavy atom. The molecule has 1 rings (SSSR count). The highest BCUT2D eigenvalue weighted by Gasteiger charge is 2.26. The summed E-state index contributed by atoms with van der Waals surface area (Å²) in [5.74, 6) is -2.96. The average Bonchev–Trinajstić information content (AvgIpc) is 2.27. The third-order valence-electron chi connectivity index (χ3n) is 2.13. The number of nitrogens with one attached hydrogen (secondary N) is 1. The van der Waals surface area contributed by atoms with Crippen LogP contribution in [0.5, 0.6) is 0 Å². The van der Waals surface area contributed by atoms with Crippen LogP contribution < -0.4 is 11.1 Å². The third kappa shape index (κ3) is 3.17. The molecule has 86 valence electrons. The predicted molar refractivity (Wildman–Crippen MR) is 58.4 cm³/mol. The van der Waals surface area contributed by atoms with Crippen molar-refractivity contribution in [2.75, 3.05) is 18.4 Å². The van der Waals surface area contributed by atoms with Crippen LogP contribution >= 0.6 is 0 Å². The van der Waals surface area contributed by atoms with E-state index in [0.29, 0.717) is 11.3 Å². The monoisotopic (exact) mass is 225 g/mol. The summed E-state index contributed by atoms with van der Waals surface area (Å²) < 4.78 is 25.8. The number of hydrogen-bond acceptors (Lipinski definition) is 3. The molecule has 0 amide bonds. The number of aryl methyl sites for hydroxylation is 1. The number of nitrogens with two attached hydrogens (primary N) is 1. The van der Waals surface area contributed by atoms with Crippen LogP contribution in [0.1, 0.15) is 11.1 Å². The van der Waals surface area contributed by atoms with Crippen LogP contribution in [0, 0.1) is 18.3 Å². The van der Waals surface area contributed by atoms with E-state index in [9.17, 15) is 8.78 Å². The molecule has 0 aromatic heterocycles. The first-order valence-electron chi connectivity index (χ1n) is 4.81. The van der Waals surface area contributed by atoms with Gasteiger partial charge in [0.2, 0.25) is 0 Å². The van der Waals surface area contributed by atoms with Crippen molar-refractivity contribution in [3.05, 3.63) is 29.3 Å². The zero-order valence-electron chi connectivity index (χ0n) is 8.93. The fourth-order valence-corrected chi connectivity index (χ4v) is 1.20. The van der Waals surface area contributed by atoms with E-state index in [4.69, 9.17) is 11.0 Å². The fraction of sp³-hybridized carbons (Fsp3) is 0.364. The lowest BCUT2D eigenvalue weighted by Gasteiger charge is -2.16. The van der Waals surface area contributed by atoms with Crippen molar-refractivity contribution in [1.29, 1.82) is 5.26 Å². The highest BCUT2D eigenvalue weighted by molar-refractivity contribution is 5.58. The Labute approximate surface area is 92.9 Å². The first-order valence-corrected chi connectivity index (χ1v) is 4.81. The van der Waals surface area contributed by atoms with Gasteiger partial charge in [-0.1, -0.05) is 6.07 Å². The maximum absolute atomic E-state index is 12.9. The number of nitriles is 1. The zero-order valence-corrected chi connectivity index (χ0v) is 8.93. The van der Waals surface area contributed by atoms with Crippen LogP contribution in [-0.2, 0) is 0 Å². The standard InChI is InChI=1S/C11H13F2N3/c1-8-2-3-10(9(4-8)5-14)16-7-11(12,13)6-15/h2-4,16H,6-7,15H2,1H3. The molecule has 5 heteroatoms. The minimum absolute atomic E-state index is 0.354. The van der Waals surface area contributed by atoms with Crippen molar-refractivity contribution in [2.45, 2.75) is 12.8 Å². The van der Waals surface area contributed by atoms with Gasteiger partial charge in [0.25, 0.3) is 5.92 Å². The molecular weight excluding hydrogens is 212 g/mol. The van der Waals surface area contributed by atoms with Gasteiger partial charge in [0.05, 0.1) is 24.3 Å². The maximum atomic E-state index is 12.9. The molecule has 0 spiro atoms. The highest BCUT2D eigenvalue weighted by atomic mass is 19.3. The second kappa shape index (κ2) is 4.90. The quantitative estimate of drug-likeness (QED) is 0.822. The fourth-order valence-electron chi connectivity index (χ4n) is 1.20. The number of rotatable bonds is 4. The molecule has 0 aliphatic rings. The van der Waals surface area contributed by atoms with E-state index in [1.54, 1.807) is 18.2 Å². The first-order chi connectivity index (χ1) is 7.48. The van der Waals surface area contributed by atoms with E-state index < -0.39 is 19.0 Å². The van der Waals surface area contributed by atoms with Gasteiger partial charge in [0.1, 0.15) is 6.07 Å². The normalized spacial score (nSPS) is 10.9. The molecule has 0 heterocycles. The summed E-state index contributed by atoms with van der Waals surface area (Å²) in [5.41, 5.74) is 6.58. The number of anilines is 1. The second-order valence-corrected chi connectivity index (χ2v) is 3.57. The molecule has 16 heavy (non-hydrogen) atoms. The molecule has 0 unspecified atom stereocenters. The van der Waals surface area contributed by atoms with E-state index >= 15 is 0 Å². The summed E-state index contributed by atoms with van der Waals surface area (Å²) in [6.45, 7) is 0.550. The van der Waals surface area contributed by atoms with Crippen molar-refractivity contribution >= 4 is 5.69 Å². The topological polar surface area (TPSA) is 61.8 Å². The van der Waals surface area contributed by atoms with Crippen LogP contribution in [0.3, 0.4) is 0 Å². The van der Waals surface area contributed by atoms with Crippen LogP contribution in [0.4, 0.5) is 14.5 Å². The number of hydrogen-bond donors (Lipinski definition) is 2. The number of alkyl halides is 2. The van der Waals surface area contributed by atoms with E-state index in [2.05, 4.69) is 5.32 Å². The second-order valence-electron chi connectivity index (χ2n) is 3.57. The molecule has 0 aliphatic heterocycles. The van der Waals surface area contributed by atoms with Gasteiger partial charge < -0.3 is 11.1 Å². The van der Waals surface area contributed by atoms with E-state index in [0.717, 1.165) is 5.56 Å². The van der Waals surface area contributed by atoms with Gasteiger partial charge in [-0.25, -0.2) is 8.78 Å². The lowest BCUT2D eigenvalue weighted by atomic mass is 10.1. The van der Waals surface area contributed by atoms with Crippen LogP contribution in [0.2, 0.25) is 0 Å². The SMILES string of the molecule is Cc1ccc(NCC(F)(F)CN)c(C#N)c1. The molecule has 1 aromatic carbocycles. The summed E-state index contributed by atoms with van der Waals surface area (Å²) in [6.07, 6.45) is 0.